The summed E-state index contributed by atoms with van der Waals surface area (Å²) in [4.78, 5) is 25.0. The van der Waals surface area contributed by atoms with Crippen molar-refractivity contribution in [2.24, 2.45) is 16.7 Å². The SMILES string of the molecule is CCCCCCCCOc1ccc(C(=O)Nc2ccc3oc(C(N)=NN)cc(=O)c3c2)cc1. The molecule has 0 saturated carbocycles. The summed E-state index contributed by atoms with van der Waals surface area (Å²) in [5.74, 6) is 5.59. The van der Waals surface area contributed by atoms with Gasteiger partial charge in [0.05, 0.1) is 12.0 Å². The average molecular weight is 451 g/mol. The second kappa shape index (κ2) is 11.7. The van der Waals surface area contributed by atoms with Crippen molar-refractivity contribution in [3.63, 3.8) is 0 Å². The Labute approximate surface area is 192 Å². The van der Waals surface area contributed by atoms with Crippen molar-refractivity contribution < 1.29 is 13.9 Å². The first-order chi connectivity index (χ1) is 16.0. The lowest BCUT2D eigenvalue weighted by Gasteiger charge is -2.09. The van der Waals surface area contributed by atoms with Crippen LogP contribution in [0, 0.1) is 0 Å². The molecule has 5 N–H and O–H groups in total. The lowest BCUT2D eigenvalue weighted by atomic mass is 10.1. The van der Waals surface area contributed by atoms with Crippen LogP contribution >= 0.6 is 0 Å². The number of amides is 1. The second-order valence-corrected chi connectivity index (χ2v) is 7.79. The zero-order valence-electron chi connectivity index (χ0n) is 18.8. The van der Waals surface area contributed by atoms with E-state index in [1.165, 1.54) is 38.2 Å². The Morgan fingerprint density at radius 2 is 1.76 bits per heavy atom. The standard InChI is InChI=1S/C25H30N4O4/c1-2-3-4-5-6-7-14-32-19-11-8-17(9-12-19)25(31)28-18-10-13-22-20(15-18)21(30)16-23(33-22)24(26)29-27/h8-13,15-16H,2-7,14,27H2,1H3,(H2,26,29)(H,28,31). The van der Waals surface area contributed by atoms with Crippen molar-refractivity contribution in [1.29, 1.82) is 0 Å². The Bertz CT molecular complexity index is 1170. The number of amidine groups is 1. The molecule has 0 fully saturated rings. The third-order valence-corrected chi connectivity index (χ3v) is 5.26. The Balaban J connectivity index is 1.58. The largest absolute Gasteiger partial charge is 0.494 e. The van der Waals surface area contributed by atoms with E-state index < -0.39 is 0 Å². The third-order valence-electron chi connectivity index (χ3n) is 5.26. The predicted octanol–water partition coefficient (Wildman–Crippen LogP) is 4.36. The van der Waals surface area contributed by atoms with Crippen molar-refractivity contribution in [3.8, 4) is 5.75 Å². The van der Waals surface area contributed by atoms with E-state index in [0.717, 1.165) is 12.2 Å². The first-order valence-corrected chi connectivity index (χ1v) is 11.2. The van der Waals surface area contributed by atoms with Gasteiger partial charge >= 0.3 is 0 Å². The van der Waals surface area contributed by atoms with Gasteiger partial charge in [-0.15, -0.1) is 0 Å². The fourth-order valence-electron chi connectivity index (χ4n) is 3.40. The number of hydrogen-bond donors (Lipinski definition) is 3. The minimum Gasteiger partial charge on any atom is -0.494 e. The molecular weight excluding hydrogens is 420 g/mol. The maximum absolute atomic E-state index is 12.6. The first kappa shape index (κ1) is 23.8. The molecule has 0 saturated heterocycles. The number of benzene rings is 2. The van der Waals surface area contributed by atoms with E-state index in [1.807, 2.05) is 0 Å². The molecule has 33 heavy (non-hydrogen) atoms. The van der Waals surface area contributed by atoms with Gasteiger partial charge in [-0.25, -0.2) is 0 Å². The zero-order valence-corrected chi connectivity index (χ0v) is 18.8. The van der Waals surface area contributed by atoms with Crippen molar-refractivity contribution >= 4 is 28.4 Å². The summed E-state index contributed by atoms with van der Waals surface area (Å²) >= 11 is 0. The van der Waals surface area contributed by atoms with Gasteiger partial charge in [0.2, 0.25) is 0 Å². The highest BCUT2D eigenvalue weighted by Gasteiger charge is 2.11. The number of unbranched alkanes of at least 4 members (excludes halogenated alkanes) is 5. The van der Waals surface area contributed by atoms with Gasteiger partial charge in [-0.3, -0.25) is 9.59 Å². The predicted molar refractivity (Wildman–Crippen MR) is 131 cm³/mol. The number of nitrogens with zero attached hydrogens (tertiary/aromatic N) is 1. The van der Waals surface area contributed by atoms with E-state index in [0.29, 0.717) is 28.8 Å². The fraction of sp³-hybridized carbons (Fsp3) is 0.320. The van der Waals surface area contributed by atoms with Crippen LogP contribution in [0.1, 0.15) is 61.6 Å². The summed E-state index contributed by atoms with van der Waals surface area (Å²) in [6.45, 7) is 2.88. The van der Waals surface area contributed by atoms with Crippen LogP contribution in [0.4, 0.5) is 5.69 Å². The number of anilines is 1. The Hall–Kier alpha value is -3.81. The Morgan fingerprint density at radius 3 is 2.48 bits per heavy atom. The number of carbonyl (C=O) groups excluding carboxylic acids is 1. The summed E-state index contributed by atoms with van der Waals surface area (Å²) in [6, 6.07) is 13.0. The number of nitrogens with two attached hydrogens (primary N) is 2. The van der Waals surface area contributed by atoms with Gasteiger partial charge < -0.3 is 26.0 Å². The quantitative estimate of drug-likeness (QED) is 0.131. The molecule has 0 atom stereocenters. The van der Waals surface area contributed by atoms with Gasteiger partial charge in [0.25, 0.3) is 5.91 Å². The molecule has 1 aromatic heterocycles. The molecule has 1 heterocycles. The monoisotopic (exact) mass is 450 g/mol. The molecule has 0 aliphatic rings. The minimum atomic E-state index is -0.319. The third kappa shape index (κ3) is 6.58. The van der Waals surface area contributed by atoms with Gasteiger partial charge in [0, 0.05) is 17.3 Å². The van der Waals surface area contributed by atoms with Gasteiger partial charge in [0.15, 0.2) is 17.0 Å². The van der Waals surface area contributed by atoms with E-state index in [1.54, 1.807) is 42.5 Å². The summed E-state index contributed by atoms with van der Waals surface area (Å²) < 4.78 is 11.3. The number of ether oxygens (including phenoxy) is 1. The van der Waals surface area contributed by atoms with Crippen molar-refractivity contribution in [2.45, 2.75) is 45.4 Å². The lowest BCUT2D eigenvalue weighted by molar-refractivity contribution is 0.102. The lowest BCUT2D eigenvalue weighted by Crippen LogP contribution is -2.18. The van der Waals surface area contributed by atoms with Crippen molar-refractivity contribution in [1.82, 2.24) is 0 Å². The summed E-state index contributed by atoms with van der Waals surface area (Å²) in [7, 11) is 0. The van der Waals surface area contributed by atoms with E-state index >= 15 is 0 Å². The van der Waals surface area contributed by atoms with Gasteiger partial charge in [-0.2, -0.15) is 5.10 Å². The first-order valence-electron chi connectivity index (χ1n) is 11.2. The van der Waals surface area contributed by atoms with Crippen molar-refractivity contribution in [3.05, 3.63) is 70.1 Å². The van der Waals surface area contributed by atoms with Crippen molar-refractivity contribution in [2.75, 3.05) is 11.9 Å². The van der Waals surface area contributed by atoms with Crippen LogP contribution in [0.25, 0.3) is 11.0 Å². The fourth-order valence-corrected chi connectivity index (χ4v) is 3.40. The average Bonchev–Trinajstić information content (AvgIpc) is 2.83. The maximum atomic E-state index is 12.6. The zero-order chi connectivity index (χ0) is 23.6. The molecule has 3 rings (SSSR count). The van der Waals surface area contributed by atoms with Crippen LogP contribution in [0.15, 0.2) is 62.8 Å². The molecule has 8 nitrogen and oxygen atoms in total. The van der Waals surface area contributed by atoms with Gasteiger partial charge in [0.1, 0.15) is 11.3 Å². The topological polar surface area (TPSA) is 133 Å². The number of carbonyl (C=O) groups is 1. The molecule has 2 aromatic carbocycles. The van der Waals surface area contributed by atoms with Gasteiger partial charge in [-0.1, -0.05) is 39.0 Å². The maximum Gasteiger partial charge on any atom is 0.255 e. The van der Waals surface area contributed by atoms with Gasteiger partial charge in [-0.05, 0) is 48.9 Å². The van der Waals surface area contributed by atoms with Crippen LogP contribution in [0.3, 0.4) is 0 Å². The Morgan fingerprint density at radius 1 is 1.03 bits per heavy atom. The Kier molecular flexibility index (Phi) is 8.46. The number of hydrogen-bond acceptors (Lipinski definition) is 6. The number of hydrazone groups is 1. The highest BCUT2D eigenvalue weighted by Crippen LogP contribution is 2.19. The number of fused-ring (bicyclic) bond motifs is 1. The van der Waals surface area contributed by atoms with Crippen LogP contribution in [0.2, 0.25) is 0 Å². The van der Waals surface area contributed by atoms with Crippen LogP contribution in [-0.4, -0.2) is 18.3 Å². The molecular formula is C25H30N4O4. The normalized spacial score (nSPS) is 11.5. The van der Waals surface area contributed by atoms with Crippen LogP contribution in [-0.2, 0) is 0 Å². The molecule has 0 aliphatic heterocycles. The number of nitrogens with one attached hydrogen (secondary N) is 1. The summed E-state index contributed by atoms with van der Waals surface area (Å²) in [6.07, 6.45) is 7.24. The van der Waals surface area contributed by atoms with E-state index in [4.69, 9.17) is 20.7 Å². The minimum absolute atomic E-state index is 0.0780. The van der Waals surface area contributed by atoms with E-state index in [9.17, 15) is 9.59 Å². The molecule has 0 spiro atoms. The van der Waals surface area contributed by atoms with E-state index in [2.05, 4.69) is 17.3 Å². The summed E-state index contributed by atoms with van der Waals surface area (Å²) in [5, 5.41) is 6.43. The summed E-state index contributed by atoms with van der Waals surface area (Å²) in [5.41, 5.74) is 6.55. The molecule has 0 aliphatic carbocycles. The number of rotatable bonds is 11. The van der Waals surface area contributed by atoms with Crippen LogP contribution in [0.5, 0.6) is 5.75 Å². The molecule has 0 radical (unpaired) electrons. The molecule has 3 aromatic rings. The molecule has 0 bridgehead atoms. The van der Waals surface area contributed by atoms with E-state index in [-0.39, 0.29) is 22.9 Å². The second-order valence-electron chi connectivity index (χ2n) is 7.79. The highest BCUT2D eigenvalue weighted by molar-refractivity contribution is 6.05. The smallest absolute Gasteiger partial charge is 0.255 e. The molecule has 0 unspecified atom stereocenters. The molecule has 174 valence electrons. The van der Waals surface area contributed by atoms with Crippen LogP contribution < -0.4 is 27.1 Å². The molecule has 8 heteroatoms. The molecule has 1 amide bonds. The highest BCUT2D eigenvalue weighted by atomic mass is 16.5.